The summed E-state index contributed by atoms with van der Waals surface area (Å²) in [6.45, 7) is 8.79. The largest absolute Gasteiger partial charge is 0.378 e. The van der Waals surface area contributed by atoms with Gasteiger partial charge in [0.1, 0.15) is 5.82 Å². The van der Waals surface area contributed by atoms with Gasteiger partial charge in [-0.05, 0) is 32.0 Å². The van der Waals surface area contributed by atoms with Crippen LogP contribution in [0.1, 0.15) is 10.7 Å². The molecular formula is C21H26N6O3S2. The van der Waals surface area contributed by atoms with Crippen LogP contribution in [0.25, 0.3) is 10.2 Å². The molecule has 5 rings (SSSR count). The van der Waals surface area contributed by atoms with Crippen molar-refractivity contribution >= 4 is 43.3 Å². The second kappa shape index (κ2) is 8.54. The van der Waals surface area contributed by atoms with Crippen molar-refractivity contribution in [2.45, 2.75) is 18.7 Å². The zero-order valence-electron chi connectivity index (χ0n) is 18.2. The summed E-state index contributed by atoms with van der Waals surface area (Å²) in [5, 5.41) is 0.928. The minimum atomic E-state index is -3.56. The Labute approximate surface area is 191 Å². The predicted molar refractivity (Wildman–Crippen MR) is 125 cm³/mol. The summed E-state index contributed by atoms with van der Waals surface area (Å²) < 4.78 is 34.4. The molecule has 9 nitrogen and oxygen atoms in total. The van der Waals surface area contributed by atoms with Gasteiger partial charge in [0.25, 0.3) is 0 Å². The number of piperazine rings is 1. The van der Waals surface area contributed by atoms with Gasteiger partial charge in [-0.15, -0.1) is 11.3 Å². The number of hydrogen-bond donors (Lipinski definition) is 0. The average molecular weight is 475 g/mol. The first-order chi connectivity index (χ1) is 15.4. The zero-order valence-corrected chi connectivity index (χ0v) is 19.8. The fraction of sp³-hybridized carbons (Fsp3) is 0.476. The molecule has 4 heterocycles. The normalized spacial score (nSPS) is 18.4. The molecule has 0 aliphatic carbocycles. The van der Waals surface area contributed by atoms with Crippen molar-refractivity contribution in [3.63, 3.8) is 0 Å². The van der Waals surface area contributed by atoms with E-state index in [1.165, 1.54) is 11.3 Å². The summed E-state index contributed by atoms with van der Waals surface area (Å²) in [7, 11) is -3.56. The Morgan fingerprint density at radius 2 is 1.66 bits per heavy atom. The lowest BCUT2D eigenvalue weighted by atomic mass is 10.3. The lowest BCUT2D eigenvalue weighted by Crippen LogP contribution is -2.49. The molecule has 2 saturated heterocycles. The number of morpholine rings is 1. The molecule has 0 radical (unpaired) electrons. The number of rotatable bonds is 4. The Balaban J connectivity index is 1.31. The lowest BCUT2D eigenvalue weighted by molar-refractivity contribution is 0.122. The van der Waals surface area contributed by atoms with Crippen LogP contribution in [0, 0.1) is 13.8 Å². The number of sulfonamides is 1. The van der Waals surface area contributed by atoms with E-state index in [2.05, 4.69) is 19.8 Å². The summed E-state index contributed by atoms with van der Waals surface area (Å²) in [4.78, 5) is 18.4. The molecule has 32 heavy (non-hydrogen) atoms. The Morgan fingerprint density at radius 1 is 0.906 bits per heavy atom. The third-order valence-electron chi connectivity index (χ3n) is 5.79. The van der Waals surface area contributed by atoms with Crippen molar-refractivity contribution in [3.05, 3.63) is 35.0 Å². The number of aromatic nitrogens is 3. The Bertz CT molecular complexity index is 1230. The topological polar surface area (TPSA) is 91.8 Å². The van der Waals surface area contributed by atoms with E-state index in [4.69, 9.17) is 9.72 Å². The number of ether oxygens (including phenoxy) is 1. The fourth-order valence-electron chi connectivity index (χ4n) is 4.09. The fourth-order valence-corrected chi connectivity index (χ4v) is 6.48. The highest BCUT2D eigenvalue weighted by atomic mass is 32.2. The number of anilines is 2. The summed E-state index contributed by atoms with van der Waals surface area (Å²) in [6, 6.07) is 7.17. The monoisotopic (exact) mass is 474 g/mol. The third-order valence-corrected chi connectivity index (χ3v) is 8.62. The van der Waals surface area contributed by atoms with Gasteiger partial charge in [-0.25, -0.2) is 18.4 Å². The Hall–Kier alpha value is -2.34. The van der Waals surface area contributed by atoms with Gasteiger partial charge < -0.3 is 14.5 Å². The molecule has 2 aromatic heterocycles. The van der Waals surface area contributed by atoms with Crippen LogP contribution >= 0.6 is 11.3 Å². The summed E-state index contributed by atoms with van der Waals surface area (Å²) >= 11 is 1.51. The smallest absolute Gasteiger partial charge is 0.243 e. The maximum atomic E-state index is 13.2. The first kappa shape index (κ1) is 21.5. The van der Waals surface area contributed by atoms with E-state index in [0.717, 1.165) is 39.8 Å². The molecule has 11 heteroatoms. The highest BCUT2D eigenvalue weighted by Gasteiger charge is 2.30. The molecule has 0 bridgehead atoms. The van der Waals surface area contributed by atoms with Crippen LogP contribution < -0.4 is 9.80 Å². The quantitative estimate of drug-likeness (QED) is 0.567. The molecular weight excluding hydrogens is 448 g/mol. The molecule has 2 fully saturated rings. The first-order valence-corrected chi connectivity index (χ1v) is 13.0. The predicted octanol–water partition coefficient (Wildman–Crippen LogP) is 2.05. The van der Waals surface area contributed by atoms with Crippen molar-refractivity contribution < 1.29 is 13.2 Å². The Kier molecular flexibility index (Phi) is 5.74. The van der Waals surface area contributed by atoms with Gasteiger partial charge in [-0.1, -0.05) is 0 Å². The van der Waals surface area contributed by atoms with Crippen LogP contribution in [0.2, 0.25) is 0 Å². The van der Waals surface area contributed by atoms with Gasteiger partial charge in [0.15, 0.2) is 0 Å². The van der Waals surface area contributed by atoms with Crippen LogP contribution in [-0.2, 0) is 14.8 Å². The molecule has 170 valence electrons. The second-order valence-corrected chi connectivity index (χ2v) is 11.2. The number of aryl methyl sites for hydroxylation is 2. The second-order valence-electron chi connectivity index (χ2n) is 8.02. The molecule has 1 aromatic carbocycles. The SMILES string of the molecule is Cc1cc(N2CCOCC2)nc(N2CCN(S(=O)(=O)c3ccc4nc(C)sc4c3)CC2)n1. The van der Waals surface area contributed by atoms with E-state index < -0.39 is 10.0 Å². The molecule has 0 amide bonds. The van der Waals surface area contributed by atoms with Crippen molar-refractivity contribution in [3.8, 4) is 0 Å². The molecule has 3 aromatic rings. The number of thiazole rings is 1. The van der Waals surface area contributed by atoms with Crippen molar-refractivity contribution in [1.82, 2.24) is 19.3 Å². The maximum absolute atomic E-state index is 13.2. The van der Waals surface area contributed by atoms with Crippen molar-refractivity contribution in [1.29, 1.82) is 0 Å². The van der Waals surface area contributed by atoms with Crippen molar-refractivity contribution in [2.24, 2.45) is 0 Å². The molecule has 0 unspecified atom stereocenters. The number of benzene rings is 1. The van der Waals surface area contributed by atoms with Crippen LogP contribution in [0.15, 0.2) is 29.2 Å². The summed E-state index contributed by atoms with van der Waals surface area (Å²) in [5.74, 6) is 1.56. The molecule has 0 spiro atoms. The molecule has 2 aliphatic heterocycles. The number of nitrogens with zero attached hydrogens (tertiary/aromatic N) is 6. The lowest BCUT2D eigenvalue weighted by Gasteiger charge is -2.35. The van der Waals surface area contributed by atoms with Crippen LogP contribution in [0.4, 0.5) is 11.8 Å². The third kappa shape index (κ3) is 4.17. The zero-order chi connectivity index (χ0) is 22.3. The number of fused-ring (bicyclic) bond motifs is 1. The summed E-state index contributed by atoms with van der Waals surface area (Å²) in [6.07, 6.45) is 0. The molecule has 0 saturated carbocycles. The Morgan fingerprint density at radius 3 is 2.41 bits per heavy atom. The highest BCUT2D eigenvalue weighted by molar-refractivity contribution is 7.89. The standard InChI is InChI=1S/C21H26N6O3S2/c1-15-13-20(25-9-11-30-12-10-25)24-21(22-15)26-5-7-27(8-6-26)32(28,29)17-3-4-18-19(14-17)31-16(2)23-18/h3-4,13-14H,5-12H2,1-2H3. The number of hydrogen-bond acceptors (Lipinski definition) is 9. The van der Waals surface area contributed by atoms with Gasteiger partial charge in [-0.3, -0.25) is 0 Å². The molecule has 0 N–H and O–H groups in total. The van der Waals surface area contributed by atoms with E-state index in [-0.39, 0.29) is 0 Å². The minimum absolute atomic E-state index is 0.323. The van der Waals surface area contributed by atoms with Crippen LogP contribution in [-0.4, -0.2) is 80.2 Å². The highest BCUT2D eigenvalue weighted by Crippen LogP contribution is 2.27. The summed E-state index contributed by atoms with van der Waals surface area (Å²) in [5.41, 5.74) is 1.74. The maximum Gasteiger partial charge on any atom is 0.243 e. The van der Waals surface area contributed by atoms with Gasteiger partial charge in [-0.2, -0.15) is 9.29 Å². The van der Waals surface area contributed by atoms with Gasteiger partial charge >= 0.3 is 0 Å². The van der Waals surface area contributed by atoms with Gasteiger partial charge in [0, 0.05) is 51.0 Å². The van der Waals surface area contributed by atoms with Crippen LogP contribution in [0.3, 0.4) is 0 Å². The van der Waals surface area contributed by atoms with E-state index in [0.29, 0.717) is 50.2 Å². The van der Waals surface area contributed by atoms with E-state index >= 15 is 0 Å². The molecule has 0 atom stereocenters. The van der Waals surface area contributed by atoms with Gasteiger partial charge in [0.2, 0.25) is 16.0 Å². The van der Waals surface area contributed by atoms with E-state index in [9.17, 15) is 8.42 Å². The first-order valence-electron chi connectivity index (χ1n) is 10.7. The van der Waals surface area contributed by atoms with Gasteiger partial charge in [0.05, 0.1) is 33.3 Å². The minimum Gasteiger partial charge on any atom is -0.378 e. The van der Waals surface area contributed by atoms with Crippen LogP contribution in [0.5, 0.6) is 0 Å². The van der Waals surface area contributed by atoms with Crippen molar-refractivity contribution in [2.75, 3.05) is 62.3 Å². The van der Waals surface area contributed by atoms with E-state index in [1.54, 1.807) is 22.5 Å². The average Bonchev–Trinajstić information content (AvgIpc) is 3.18. The molecule has 2 aliphatic rings. The van der Waals surface area contributed by atoms with E-state index in [1.807, 2.05) is 19.9 Å².